The molecule has 1 atom stereocenters. The normalized spacial score (nSPS) is 12.3. The van der Waals surface area contributed by atoms with Gasteiger partial charge < -0.3 is 14.4 Å². The largest absolute Gasteiger partial charge is 0.494 e. The number of benzene rings is 3. The first kappa shape index (κ1) is 29.8. The van der Waals surface area contributed by atoms with E-state index in [-0.39, 0.29) is 17.7 Å². The summed E-state index contributed by atoms with van der Waals surface area (Å²) in [6.45, 7) is 4.84. The molecule has 0 aliphatic heterocycles. The zero-order valence-corrected chi connectivity index (χ0v) is 23.1. The average Bonchev–Trinajstić information content (AvgIpc) is 2.97. The van der Waals surface area contributed by atoms with E-state index in [1.807, 2.05) is 13.8 Å². The Kier molecular flexibility index (Phi) is 9.44. The lowest BCUT2D eigenvalue weighted by molar-refractivity contribution is -0.137. The van der Waals surface area contributed by atoms with Crippen molar-refractivity contribution in [3.05, 3.63) is 100 Å². The number of rotatable bonds is 11. The maximum atomic E-state index is 13.9. The summed E-state index contributed by atoms with van der Waals surface area (Å²) in [5.74, 6) is 0.519. The molecule has 216 valence electrons. The van der Waals surface area contributed by atoms with Gasteiger partial charge in [-0.15, -0.1) is 0 Å². The van der Waals surface area contributed by atoms with Crippen molar-refractivity contribution < 1.29 is 27.4 Å². The minimum atomic E-state index is -4.52. The number of carbonyl (C=O) groups excluding carboxylic acids is 1. The third kappa shape index (κ3) is 6.59. The first-order valence-electron chi connectivity index (χ1n) is 13.4. The summed E-state index contributed by atoms with van der Waals surface area (Å²) in [7, 11) is 1.55. The number of ether oxygens (including phenoxy) is 2. The van der Waals surface area contributed by atoms with Gasteiger partial charge >= 0.3 is 6.18 Å². The summed E-state index contributed by atoms with van der Waals surface area (Å²) in [4.78, 5) is 34.2. The van der Waals surface area contributed by atoms with E-state index in [9.17, 15) is 22.8 Å². The quantitative estimate of drug-likeness (QED) is 0.195. The van der Waals surface area contributed by atoms with Crippen molar-refractivity contribution in [3.63, 3.8) is 0 Å². The molecule has 7 nitrogen and oxygen atoms in total. The molecular weight excluding hydrogens is 535 g/mol. The van der Waals surface area contributed by atoms with Gasteiger partial charge in [-0.1, -0.05) is 19.1 Å². The van der Waals surface area contributed by atoms with Gasteiger partial charge in [-0.05, 0) is 80.4 Å². The van der Waals surface area contributed by atoms with Gasteiger partial charge in [0, 0.05) is 25.8 Å². The lowest BCUT2D eigenvalue weighted by Crippen LogP contribution is -2.39. The van der Waals surface area contributed by atoms with Gasteiger partial charge in [0.2, 0.25) is 0 Å². The Labute approximate surface area is 236 Å². The molecule has 1 amide bonds. The third-order valence-corrected chi connectivity index (χ3v) is 6.74. The van der Waals surface area contributed by atoms with Crippen molar-refractivity contribution >= 4 is 16.8 Å². The van der Waals surface area contributed by atoms with Crippen molar-refractivity contribution in [2.24, 2.45) is 0 Å². The highest BCUT2D eigenvalue weighted by Crippen LogP contribution is 2.31. The van der Waals surface area contributed by atoms with Crippen LogP contribution in [-0.4, -0.2) is 47.2 Å². The number of hydrogen-bond acceptors (Lipinski definition) is 5. The summed E-state index contributed by atoms with van der Waals surface area (Å²) in [6.07, 6.45) is -3.66. The zero-order chi connectivity index (χ0) is 29.6. The van der Waals surface area contributed by atoms with E-state index in [1.165, 1.54) is 16.7 Å². The molecule has 1 heterocycles. The summed E-state index contributed by atoms with van der Waals surface area (Å²) in [5, 5.41) is 0.417. The van der Waals surface area contributed by atoms with Crippen LogP contribution in [0.15, 0.2) is 77.6 Å². The van der Waals surface area contributed by atoms with Crippen molar-refractivity contribution in [1.29, 1.82) is 0 Å². The third-order valence-electron chi connectivity index (χ3n) is 6.74. The minimum Gasteiger partial charge on any atom is -0.494 e. The molecule has 10 heteroatoms. The molecule has 0 N–H and O–H groups in total. The van der Waals surface area contributed by atoms with Gasteiger partial charge in [0.05, 0.1) is 34.8 Å². The van der Waals surface area contributed by atoms with Crippen LogP contribution in [-0.2, 0) is 10.9 Å². The molecule has 3 aromatic carbocycles. The summed E-state index contributed by atoms with van der Waals surface area (Å²) >= 11 is 0. The maximum Gasteiger partial charge on any atom is 0.416 e. The molecule has 4 aromatic rings. The van der Waals surface area contributed by atoms with E-state index >= 15 is 0 Å². The number of alkyl halides is 3. The first-order chi connectivity index (χ1) is 19.7. The average molecular weight is 568 g/mol. The maximum absolute atomic E-state index is 13.9. The van der Waals surface area contributed by atoms with Crippen LogP contribution in [0.2, 0.25) is 0 Å². The summed E-state index contributed by atoms with van der Waals surface area (Å²) in [5.41, 5.74) is -0.0138. The predicted octanol–water partition coefficient (Wildman–Crippen LogP) is 6.43. The number of nitrogens with zero attached hydrogens (tertiary/aromatic N) is 3. The Morgan fingerprint density at radius 1 is 1.00 bits per heavy atom. The standard InChI is InChI=1S/C31H32F3N3O4/c1-4-27(36(19-8-20-40-3)29(38)21-11-13-22(14-12-21)31(32,33)34)28-35-26-10-7-6-9-25(26)30(39)37(28)23-15-17-24(18-16-23)41-5-2/h6-7,9-18,27H,4-5,8,19-20H2,1-3H3. The second-order valence-corrected chi connectivity index (χ2v) is 9.40. The highest BCUT2D eigenvalue weighted by atomic mass is 19.4. The lowest BCUT2D eigenvalue weighted by Gasteiger charge is -2.32. The van der Waals surface area contributed by atoms with Crippen LogP contribution in [0.1, 0.15) is 54.5 Å². The fourth-order valence-corrected chi connectivity index (χ4v) is 4.77. The van der Waals surface area contributed by atoms with Crippen LogP contribution in [0.4, 0.5) is 13.2 Å². The van der Waals surface area contributed by atoms with Crippen molar-refractivity contribution in [1.82, 2.24) is 14.5 Å². The molecule has 0 aliphatic rings. The van der Waals surface area contributed by atoms with Crippen LogP contribution in [0.3, 0.4) is 0 Å². The fraction of sp³-hybridized carbons (Fsp3) is 0.323. The predicted molar refractivity (Wildman–Crippen MR) is 151 cm³/mol. The second-order valence-electron chi connectivity index (χ2n) is 9.40. The monoisotopic (exact) mass is 567 g/mol. The number of para-hydroxylation sites is 1. The Balaban J connectivity index is 1.87. The molecule has 4 rings (SSSR count). The molecule has 0 bridgehead atoms. The van der Waals surface area contributed by atoms with Gasteiger partial charge in [0.15, 0.2) is 0 Å². The minimum absolute atomic E-state index is 0.102. The van der Waals surface area contributed by atoms with Crippen molar-refractivity contribution in [2.75, 3.05) is 26.9 Å². The summed E-state index contributed by atoms with van der Waals surface area (Å²) in [6, 6.07) is 17.5. The Bertz CT molecular complexity index is 1530. The molecule has 0 aliphatic carbocycles. The van der Waals surface area contributed by atoms with E-state index < -0.39 is 23.7 Å². The molecular formula is C31H32F3N3O4. The van der Waals surface area contributed by atoms with Crippen LogP contribution in [0, 0.1) is 0 Å². The number of amides is 1. The molecule has 0 spiro atoms. The highest BCUT2D eigenvalue weighted by molar-refractivity contribution is 5.94. The summed E-state index contributed by atoms with van der Waals surface area (Å²) < 4.78 is 51.8. The highest BCUT2D eigenvalue weighted by Gasteiger charge is 2.32. The molecule has 0 saturated heterocycles. The smallest absolute Gasteiger partial charge is 0.416 e. The van der Waals surface area contributed by atoms with Crippen LogP contribution >= 0.6 is 0 Å². The SMILES string of the molecule is CCOc1ccc(-n2c(C(CC)N(CCCOC)C(=O)c3ccc(C(F)(F)F)cc3)nc3ccccc3c2=O)cc1. The van der Waals surface area contributed by atoms with E-state index in [4.69, 9.17) is 14.5 Å². The number of methoxy groups -OCH3 is 1. The molecule has 1 aromatic heterocycles. The van der Waals surface area contributed by atoms with Crippen molar-refractivity contribution in [2.45, 2.75) is 38.9 Å². The second kappa shape index (κ2) is 13.0. The number of hydrogen-bond donors (Lipinski definition) is 0. The van der Waals surface area contributed by atoms with Gasteiger partial charge in [-0.2, -0.15) is 13.2 Å². The molecule has 0 radical (unpaired) electrons. The van der Waals surface area contributed by atoms with Gasteiger partial charge in [-0.25, -0.2) is 4.98 Å². The van der Waals surface area contributed by atoms with Gasteiger partial charge in [0.25, 0.3) is 11.5 Å². The molecule has 0 saturated carbocycles. The molecule has 1 unspecified atom stereocenters. The molecule has 41 heavy (non-hydrogen) atoms. The number of fused-ring (bicyclic) bond motifs is 1. The fourth-order valence-electron chi connectivity index (χ4n) is 4.77. The Morgan fingerprint density at radius 3 is 2.29 bits per heavy atom. The van der Waals surface area contributed by atoms with E-state index in [0.717, 1.165) is 12.1 Å². The van der Waals surface area contributed by atoms with Crippen LogP contribution < -0.4 is 10.3 Å². The number of carbonyl (C=O) groups is 1. The number of aromatic nitrogens is 2. The first-order valence-corrected chi connectivity index (χ1v) is 13.4. The Morgan fingerprint density at radius 2 is 1.68 bits per heavy atom. The zero-order valence-electron chi connectivity index (χ0n) is 23.1. The van der Waals surface area contributed by atoms with Crippen molar-refractivity contribution in [3.8, 4) is 11.4 Å². The Hall–Kier alpha value is -4.18. The lowest BCUT2D eigenvalue weighted by atomic mass is 10.1. The molecule has 0 fully saturated rings. The van der Waals surface area contributed by atoms with E-state index in [2.05, 4.69) is 0 Å². The van der Waals surface area contributed by atoms with E-state index in [1.54, 1.807) is 60.5 Å². The number of halogens is 3. The van der Waals surface area contributed by atoms with E-state index in [0.29, 0.717) is 54.2 Å². The van der Waals surface area contributed by atoms with Gasteiger partial charge in [-0.3, -0.25) is 14.2 Å². The van der Waals surface area contributed by atoms with Crippen LogP contribution in [0.5, 0.6) is 5.75 Å². The van der Waals surface area contributed by atoms with Crippen LogP contribution in [0.25, 0.3) is 16.6 Å². The van der Waals surface area contributed by atoms with Gasteiger partial charge in [0.1, 0.15) is 11.6 Å². The topological polar surface area (TPSA) is 73.7 Å².